The molecule has 0 aromatic carbocycles. The van der Waals surface area contributed by atoms with Gasteiger partial charge in [0.25, 0.3) is 0 Å². The van der Waals surface area contributed by atoms with Crippen molar-refractivity contribution in [3.63, 3.8) is 0 Å². The average Bonchev–Trinajstić information content (AvgIpc) is 2.51. The Morgan fingerprint density at radius 1 is 0.880 bits per heavy atom. The molecule has 0 rings (SSSR count). The zero-order valence-corrected chi connectivity index (χ0v) is 15.7. The van der Waals surface area contributed by atoms with E-state index < -0.39 is 42.8 Å². The summed E-state index contributed by atoms with van der Waals surface area (Å²) in [5.74, 6) is -1.74. The maximum absolute atomic E-state index is 12.0. The van der Waals surface area contributed by atoms with Crippen molar-refractivity contribution in [3.05, 3.63) is 0 Å². The lowest BCUT2D eigenvalue weighted by Crippen LogP contribution is -2.32. The van der Waals surface area contributed by atoms with Gasteiger partial charge in [-0.05, 0) is 11.8 Å². The molecular weight excluding hydrogens is 328 g/mol. The standard InChI is InChI=1S/C18H34O7/c1-5-11(3)15(21)7-13(19)10-18(24)25-16(12(4)6-2)8-14(20)9-17(22)23/h11-16,19-21H,5-10H2,1-4H3,(H,22,23). The molecule has 148 valence electrons. The highest BCUT2D eigenvalue weighted by molar-refractivity contribution is 5.70. The monoisotopic (exact) mass is 362 g/mol. The largest absolute Gasteiger partial charge is 0.481 e. The molecule has 6 unspecified atom stereocenters. The summed E-state index contributed by atoms with van der Waals surface area (Å²) in [4.78, 5) is 22.7. The summed E-state index contributed by atoms with van der Waals surface area (Å²) < 4.78 is 5.36. The first kappa shape index (κ1) is 23.8. The Bertz CT molecular complexity index is 399. The van der Waals surface area contributed by atoms with Gasteiger partial charge in [-0.15, -0.1) is 0 Å². The topological polar surface area (TPSA) is 124 Å². The van der Waals surface area contributed by atoms with Gasteiger partial charge in [0.1, 0.15) is 6.10 Å². The second-order valence-corrected chi connectivity index (χ2v) is 6.95. The number of hydrogen-bond donors (Lipinski definition) is 4. The molecule has 0 radical (unpaired) electrons. The minimum Gasteiger partial charge on any atom is -0.481 e. The minimum atomic E-state index is -1.11. The van der Waals surface area contributed by atoms with Gasteiger partial charge in [-0.25, -0.2) is 0 Å². The van der Waals surface area contributed by atoms with Crippen molar-refractivity contribution in [2.75, 3.05) is 0 Å². The van der Waals surface area contributed by atoms with Crippen LogP contribution in [-0.4, -0.2) is 56.8 Å². The van der Waals surface area contributed by atoms with Crippen molar-refractivity contribution < 1.29 is 34.8 Å². The van der Waals surface area contributed by atoms with E-state index >= 15 is 0 Å². The predicted octanol–water partition coefficient (Wildman–Crippen LogP) is 1.72. The van der Waals surface area contributed by atoms with E-state index in [1.54, 1.807) is 0 Å². The first-order chi connectivity index (χ1) is 11.6. The number of aliphatic hydroxyl groups is 3. The molecule has 0 bridgehead atoms. The molecule has 0 spiro atoms. The summed E-state index contributed by atoms with van der Waals surface area (Å²) in [5.41, 5.74) is 0. The molecule has 0 aromatic heterocycles. The van der Waals surface area contributed by atoms with Gasteiger partial charge in [0, 0.05) is 12.8 Å². The molecule has 7 nitrogen and oxygen atoms in total. The molecule has 0 saturated carbocycles. The Kier molecular flexibility index (Phi) is 11.6. The summed E-state index contributed by atoms with van der Waals surface area (Å²) in [7, 11) is 0. The summed E-state index contributed by atoms with van der Waals surface area (Å²) >= 11 is 0. The highest BCUT2D eigenvalue weighted by Gasteiger charge is 2.26. The first-order valence-electron chi connectivity index (χ1n) is 9.05. The highest BCUT2D eigenvalue weighted by atomic mass is 16.5. The molecule has 0 heterocycles. The van der Waals surface area contributed by atoms with Gasteiger partial charge in [0.2, 0.25) is 0 Å². The molecule has 0 aliphatic carbocycles. The van der Waals surface area contributed by atoms with Crippen molar-refractivity contribution in [3.8, 4) is 0 Å². The number of carboxylic acid groups (broad SMARTS) is 1. The number of carbonyl (C=O) groups excluding carboxylic acids is 1. The quantitative estimate of drug-likeness (QED) is 0.368. The van der Waals surface area contributed by atoms with Crippen LogP contribution in [0.3, 0.4) is 0 Å². The van der Waals surface area contributed by atoms with E-state index in [4.69, 9.17) is 9.84 Å². The van der Waals surface area contributed by atoms with E-state index in [0.29, 0.717) is 6.42 Å². The van der Waals surface area contributed by atoms with Crippen LogP contribution in [0.2, 0.25) is 0 Å². The van der Waals surface area contributed by atoms with Crippen LogP contribution in [0.25, 0.3) is 0 Å². The number of esters is 1. The normalized spacial score (nSPS) is 18.7. The zero-order chi connectivity index (χ0) is 19.6. The van der Waals surface area contributed by atoms with Crippen LogP contribution in [0.15, 0.2) is 0 Å². The third-order valence-electron chi connectivity index (χ3n) is 4.69. The van der Waals surface area contributed by atoms with E-state index in [-0.39, 0.29) is 31.1 Å². The number of aliphatic hydroxyl groups excluding tert-OH is 3. The molecule has 0 aliphatic heterocycles. The second-order valence-electron chi connectivity index (χ2n) is 6.95. The van der Waals surface area contributed by atoms with Gasteiger partial charge >= 0.3 is 11.9 Å². The van der Waals surface area contributed by atoms with Crippen LogP contribution >= 0.6 is 0 Å². The minimum absolute atomic E-state index is 0.0321. The molecule has 4 N–H and O–H groups in total. The third kappa shape index (κ3) is 10.4. The van der Waals surface area contributed by atoms with Crippen LogP contribution < -0.4 is 0 Å². The predicted molar refractivity (Wildman–Crippen MR) is 92.9 cm³/mol. The lowest BCUT2D eigenvalue weighted by molar-refractivity contribution is -0.156. The lowest BCUT2D eigenvalue weighted by atomic mass is 9.95. The van der Waals surface area contributed by atoms with Crippen molar-refractivity contribution in [1.29, 1.82) is 0 Å². The van der Waals surface area contributed by atoms with Crippen molar-refractivity contribution >= 4 is 11.9 Å². The molecule has 7 heteroatoms. The van der Waals surface area contributed by atoms with Crippen LogP contribution in [0, 0.1) is 11.8 Å². The van der Waals surface area contributed by atoms with E-state index in [2.05, 4.69) is 0 Å². The second kappa shape index (κ2) is 12.2. The lowest BCUT2D eigenvalue weighted by Gasteiger charge is -2.26. The molecule has 0 aromatic rings. The molecular formula is C18H34O7. The number of rotatable bonds is 13. The Hall–Kier alpha value is -1.18. The zero-order valence-electron chi connectivity index (χ0n) is 15.7. The van der Waals surface area contributed by atoms with E-state index in [1.165, 1.54) is 0 Å². The smallest absolute Gasteiger partial charge is 0.308 e. The van der Waals surface area contributed by atoms with Crippen LogP contribution in [0.1, 0.15) is 66.2 Å². The van der Waals surface area contributed by atoms with E-state index in [9.17, 15) is 24.9 Å². The van der Waals surface area contributed by atoms with Gasteiger partial charge in [-0.2, -0.15) is 0 Å². The van der Waals surface area contributed by atoms with Crippen LogP contribution in [0.4, 0.5) is 0 Å². The SMILES string of the molecule is CCC(C)C(O)CC(O)CC(=O)OC(CC(O)CC(=O)O)C(C)CC. The molecule has 0 amide bonds. The maximum atomic E-state index is 12.0. The highest BCUT2D eigenvalue weighted by Crippen LogP contribution is 2.20. The van der Waals surface area contributed by atoms with Gasteiger partial charge in [0.15, 0.2) is 0 Å². The number of ether oxygens (including phenoxy) is 1. The Labute approximate surface area is 150 Å². The van der Waals surface area contributed by atoms with Crippen LogP contribution in [0.5, 0.6) is 0 Å². The number of hydrogen-bond acceptors (Lipinski definition) is 6. The molecule has 25 heavy (non-hydrogen) atoms. The Morgan fingerprint density at radius 3 is 1.88 bits per heavy atom. The molecule has 0 fully saturated rings. The van der Waals surface area contributed by atoms with Gasteiger partial charge in [-0.3, -0.25) is 9.59 Å². The van der Waals surface area contributed by atoms with Crippen molar-refractivity contribution in [2.45, 2.75) is 90.6 Å². The summed E-state index contributed by atoms with van der Waals surface area (Å²) in [6, 6.07) is 0. The summed E-state index contributed by atoms with van der Waals surface area (Å²) in [6.45, 7) is 7.58. The summed E-state index contributed by atoms with van der Waals surface area (Å²) in [6.07, 6.45) is -2.43. The Morgan fingerprint density at radius 2 is 1.40 bits per heavy atom. The summed E-state index contributed by atoms with van der Waals surface area (Å²) in [5, 5.41) is 38.4. The van der Waals surface area contributed by atoms with Crippen LogP contribution in [-0.2, 0) is 14.3 Å². The molecule has 0 aliphatic rings. The van der Waals surface area contributed by atoms with Gasteiger partial charge in [0.05, 0.1) is 31.2 Å². The average molecular weight is 362 g/mol. The fraction of sp³-hybridized carbons (Fsp3) is 0.889. The number of carboxylic acids is 1. The van der Waals surface area contributed by atoms with Gasteiger partial charge < -0.3 is 25.2 Å². The maximum Gasteiger partial charge on any atom is 0.308 e. The Balaban J connectivity index is 4.57. The molecule has 6 atom stereocenters. The van der Waals surface area contributed by atoms with Gasteiger partial charge in [-0.1, -0.05) is 40.5 Å². The molecule has 0 saturated heterocycles. The van der Waals surface area contributed by atoms with E-state index in [0.717, 1.165) is 6.42 Å². The first-order valence-corrected chi connectivity index (χ1v) is 9.05. The van der Waals surface area contributed by atoms with Crippen molar-refractivity contribution in [2.24, 2.45) is 11.8 Å². The number of carbonyl (C=O) groups is 2. The number of aliphatic carboxylic acids is 1. The third-order valence-corrected chi connectivity index (χ3v) is 4.69. The van der Waals surface area contributed by atoms with Crippen molar-refractivity contribution in [1.82, 2.24) is 0 Å². The van der Waals surface area contributed by atoms with E-state index in [1.807, 2.05) is 27.7 Å². The fourth-order valence-corrected chi connectivity index (χ4v) is 2.49. The fourth-order valence-electron chi connectivity index (χ4n) is 2.49.